The van der Waals surface area contributed by atoms with Crippen LogP contribution in [0.25, 0.3) is 0 Å². The molecule has 0 heterocycles. The fourth-order valence-electron chi connectivity index (χ4n) is 0.516. The van der Waals surface area contributed by atoms with Gasteiger partial charge in [-0.05, 0) is 6.58 Å². The third-order valence-electron chi connectivity index (χ3n) is 1.17. The van der Waals surface area contributed by atoms with Crippen molar-refractivity contribution in [2.45, 2.75) is 6.42 Å². The van der Waals surface area contributed by atoms with E-state index in [1.165, 1.54) is 0 Å². The van der Waals surface area contributed by atoms with Crippen LogP contribution in [0.15, 0.2) is 25.0 Å². The second-order valence-electron chi connectivity index (χ2n) is 2.33. The lowest BCUT2D eigenvalue weighted by Gasteiger charge is -2.04. The van der Waals surface area contributed by atoms with Crippen LogP contribution >= 0.6 is 0 Å². The van der Waals surface area contributed by atoms with E-state index in [4.69, 9.17) is 5.11 Å². The van der Waals surface area contributed by atoms with Crippen molar-refractivity contribution in [2.24, 2.45) is 0 Å². The van der Waals surface area contributed by atoms with Gasteiger partial charge in [-0.15, -0.1) is 0 Å². The molecule has 0 bridgehead atoms. The number of hydrogen-bond donors (Lipinski definition) is 1. The van der Waals surface area contributed by atoms with Gasteiger partial charge in [0.25, 0.3) is 0 Å². The summed E-state index contributed by atoms with van der Waals surface area (Å²) in [6, 6.07) is 0. The van der Waals surface area contributed by atoms with Crippen LogP contribution in [-0.2, 0) is 23.9 Å². The van der Waals surface area contributed by atoms with Gasteiger partial charge in [-0.1, -0.05) is 6.58 Å². The smallest absolute Gasteiger partial charge is 0.373 e. The number of hydrogen-bond acceptors (Lipinski definition) is 5. The summed E-state index contributed by atoms with van der Waals surface area (Å²) in [5, 5.41) is 8.24. The zero-order valence-electron chi connectivity index (χ0n) is 7.89. The molecule has 0 saturated carbocycles. The van der Waals surface area contributed by atoms with Crippen molar-refractivity contribution >= 4 is 17.9 Å². The van der Waals surface area contributed by atoms with Crippen molar-refractivity contribution in [1.29, 1.82) is 0 Å². The molecule has 0 radical (unpaired) electrons. The number of carbonyl (C=O) groups is 3. The second kappa shape index (κ2) is 6.36. The minimum atomic E-state index is -1.10. The summed E-state index contributed by atoms with van der Waals surface area (Å²) in [6.07, 6.45) is 0.532. The predicted molar refractivity (Wildman–Crippen MR) is 48.6 cm³/mol. The first kappa shape index (κ1) is 12.9. The molecule has 0 atom stereocenters. The molecule has 6 heteroatoms. The Bertz CT molecular complexity index is 304. The highest BCUT2D eigenvalue weighted by Crippen LogP contribution is 1.99. The maximum Gasteiger partial charge on any atom is 0.373 e. The van der Waals surface area contributed by atoms with E-state index in [-0.39, 0.29) is 13.0 Å². The molecule has 0 unspecified atom stereocenters. The molecule has 0 aromatic carbocycles. The van der Waals surface area contributed by atoms with Gasteiger partial charge in [-0.25, -0.2) is 9.59 Å². The minimum Gasteiger partial charge on any atom is -0.481 e. The van der Waals surface area contributed by atoms with Crippen LogP contribution in [-0.4, -0.2) is 29.6 Å². The van der Waals surface area contributed by atoms with E-state index < -0.39 is 23.7 Å². The van der Waals surface area contributed by atoms with Gasteiger partial charge in [0.05, 0.1) is 6.42 Å². The fourth-order valence-corrected chi connectivity index (χ4v) is 0.516. The topological polar surface area (TPSA) is 89.9 Å². The highest BCUT2D eigenvalue weighted by Gasteiger charge is 2.13. The number of carboxylic acid groups (broad SMARTS) is 1. The Hall–Kier alpha value is -2.11. The number of ether oxygens (including phenoxy) is 2. The molecule has 0 fully saturated rings. The lowest BCUT2D eigenvalue weighted by molar-refractivity contribution is -0.150. The third kappa shape index (κ3) is 6.03. The highest BCUT2D eigenvalue weighted by molar-refractivity contribution is 5.91. The average molecular weight is 214 g/mol. The summed E-state index contributed by atoms with van der Waals surface area (Å²) < 4.78 is 8.77. The van der Waals surface area contributed by atoms with Crippen molar-refractivity contribution in [3.8, 4) is 0 Å². The summed E-state index contributed by atoms with van der Waals surface area (Å²) in [4.78, 5) is 31.6. The minimum absolute atomic E-state index is 0.307. The normalized spacial score (nSPS) is 8.80. The molecule has 0 aliphatic heterocycles. The standard InChI is InChI=1S/C9H10O6/c1-3-8(12)15-6(2)9(13)14-5-4-7(10)11/h3H,1-2,4-5H2,(H,10,11). The summed E-state index contributed by atoms with van der Waals surface area (Å²) >= 11 is 0. The zero-order chi connectivity index (χ0) is 11.8. The Morgan fingerprint density at radius 3 is 2.40 bits per heavy atom. The monoisotopic (exact) mass is 214 g/mol. The molecule has 15 heavy (non-hydrogen) atoms. The Labute approximate surface area is 85.8 Å². The molecular formula is C9H10O6. The molecule has 0 aliphatic rings. The molecule has 0 aromatic rings. The van der Waals surface area contributed by atoms with E-state index in [0.29, 0.717) is 0 Å². The largest absolute Gasteiger partial charge is 0.481 e. The van der Waals surface area contributed by atoms with Gasteiger partial charge in [0.1, 0.15) is 6.61 Å². The summed E-state index contributed by atoms with van der Waals surface area (Å²) in [6.45, 7) is 5.93. The molecule has 0 aromatic heterocycles. The molecule has 1 N–H and O–H groups in total. The maximum absolute atomic E-state index is 10.9. The van der Waals surface area contributed by atoms with E-state index in [0.717, 1.165) is 6.08 Å². The number of esters is 2. The first-order valence-corrected chi connectivity index (χ1v) is 3.89. The quantitative estimate of drug-likeness (QED) is 0.387. The molecule has 0 aliphatic carbocycles. The Kier molecular flexibility index (Phi) is 5.47. The molecule has 0 amide bonds. The van der Waals surface area contributed by atoms with Gasteiger partial charge in [0.15, 0.2) is 0 Å². The van der Waals surface area contributed by atoms with Crippen LogP contribution in [0.2, 0.25) is 0 Å². The number of aliphatic carboxylic acids is 1. The SMILES string of the molecule is C=CC(=O)OC(=C)C(=O)OCCC(=O)O. The Balaban J connectivity index is 3.89. The Morgan fingerprint density at radius 2 is 1.93 bits per heavy atom. The summed E-state index contributed by atoms with van der Waals surface area (Å²) in [7, 11) is 0. The lowest BCUT2D eigenvalue weighted by Crippen LogP contribution is -2.14. The van der Waals surface area contributed by atoms with Gasteiger partial charge in [0.2, 0.25) is 5.76 Å². The van der Waals surface area contributed by atoms with E-state index in [9.17, 15) is 14.4 Å². The number of rotatable bonds is 6. The zero-order valence-corrected chi connectivity index (χ0v) is 7.89. The van der Waals surface area contributed by atoms with E-state index in [1.807, 2.05) is 0 Å². The van der Waals surface area contributed by atoms with Crippen LogP contribution in [0.1, 0.15) is 6.42 Å². The molecule has 82 valence electrons. The average Bonchev–Trinajstić information content (AvgIpc) is 2.16. The fraction of sp³-hybridized carbons (Fsp3) is 0.222. The highest BCUT2D eigenvalue weighted by atomic mass is 16.6. The number of carboxylic acids is 1. The van der Waals surface area contributed by atoms with Crippen LogP contribution in [0.4, 0.5) is 0 Å². The van der Waals surface area contributed by atoms with Crippen molar-refractivity contribution in [2.75, 3.05) is 6.61 Å². The van der Waals surface area contributed by atoms with Gasteiger partial charge in [-0.3, -0.25) is 4.79 Å². The van der Waals surface area contributed by atoms with Crippen molar-refractivity contribution in [1.82, 2.24) is 0 Å². The van der Waals surface area contributed by atoms with E-state index >= 15 is 0 Å². The molecule has 0 rings (SSSR count). The first-order valence-electron chi connectivity index (χ1n) is 3.89. The third-order valence-corrected chi connectivity index (χ3v) is 1.17. The number of carbonyl (C=O) groups excluding carboxylic acids is 2. The first-order chi connectivity index (χ1) is 6.97. The van der Waals surface area contributed by atoms with Crippen molar-refractivity contribution < 1.29 is 29.0 Å². The predicted octanol–water partition coefficient (Wildman–Crippen LogP) is 0.247. The van der Waals surface area contributed by atoms with Gasteiger partial charge in [0, 0.05) is 6.08 Å². The van der Waals surface area contributed by atoms with Gasteiger partial charge < -0.3 is 14.6 Å². The van der Waals surface area contributed by atoms with E-state index in [1.54, 1.807) is 0 Å². The molecule has 6 nitrogen and oxygen atoms in total. The lowest BCUT2D eigenvalue weighted by atomic mass is 10.4. The van der Waals surface area contributed by atoms with Crippen LogP contribution in [0.3, 0.4) is 0 Å². The van der Waals surface area contributed by atoms with E-state index in [2.05, 4.69) is 22.6 Å². The second-order valence-corrected chi connectivity index (χ2v) is 2.33. The maximum atomic E-state index is 10.9. The van der Waals surface area contributed by atoms with Crippen LogP contribution < -0.4 is 0 Å². The molecular weight excluding hydrogens is 204 g/mol. The van der Waals surface area contributed by atoms with Crippen molar-refractivity contribution in [3.63, 3.8) is 0 Å². The summed E-state index contributed by atoms with van der Waals surface area (Å²) in [5.41, 5.74) is 0. The van der Waals surface area contributed by atoms with Crippen LogP contribution in [0, 0.1) is 0 Å². The molecule has 0 spiro atoms. The van der Waals surface area contributed by atoms with Gasteiger partial charge in [-0.2, -0.15) is 0 Å². The Morgan fingerprint density at radius 1 is 1.33 bits per heavy atom. The summed E-state index contributed by atoms with van der Waals surface area (Å²) in [5.74, 6) is -3.43. The molecule has 0 saturated heterocycles. The van der Waals surface area contributed by atoms with Crippen LogP contribution in [0.5, 0.6) is 0 Å². The van der Waals surface area contributed by atoms with Crippen molar-refractivity contribution in [3.05, 3.63) is 25.0 Å². The van der Waals surface area contributed by atoms with Gasteiger partial charge >= 0.3 is 17.9 Å².